The van der Waals surface area contributed by atoms with Gasteiger partial charge in [0.1, 0.15) is 5.75 Å². The first kappa shape index (κ1) is 11.3. The van der Waals surface area contributed by atoms with Gasteiger partial charge in [0.2, 0.25) is 0 Å². The van der Waals surface area contributed by atoms with E-state index in [1.807, 2.05) is 0 Å². The number of benzene rings is 1. The quantitative estimate of drug-likeness (QED) is 0.819. The molecule has 2 aromatic rings. The van der Waals surface area contributed by atoms with E-state index < -0.39 is 5.97 Å². The molecule has 2 rings (SSSR count). The van der Waals surface area contributed by atoms with Crippen molar-refractivity contribution in [1.82, 2.24) is 9.97 Å². The largest absolute Gasteiger partial charge is 0.545 e. The number of carboxylic acid groups (broad SMARTS) is 1. The summed E-state index contributed by atoms with van der Waals surface area (Å²) in [5.41, 5.74) is -0.0638. The van der Waals surface area contributed by atoms with Gasteiger partial charge in [0.25, 0.3) is 0 Å². The molecule has 17 heavy (non-hydrogen) atoms. The molecule has 0 spiro atoms. The summed E-state index contributed by atoms with van der Waals surface area (Å²) in [5.74, 6) is -1.20. The Hall–Kier alpha value is -2.14. The number of hydrogen-bond acceptors (Lipinski definition) is 5. The first-order valence-electron chi connectivity index (χ1n) is 4.62. The van der Waals surface area contributed by atoms with E-state index in [1.54, 1.807) is 12.1 Å². The maximum Gasteiger partial charge on any atom is 0.321 e. The highest BCUT2D eigenvalue weighted by atomic mass is 35.5. The molecule has 0 N–H and O–H groups in total. The molecule has 0 saturated heterocycles. The number of hydrogen-bond donors (Lipinski definition) is 0. The van der Waals surface area contributed by atoms with Crippen LogP contribution in [-0.2, 0) is 0 Å². The summed E-state index contributed by atoms with van der Waals surface area (Å²) >= 11 is 5.61. The van der Waals surface area contributed by atoms with Crippen molar-refractivity contribution < 1.29 is 14.6 Å². The Balaban J connectivity index is 2.30. The van der Waals surface area contributed by atoms with Crippen molar-refractivity contribution in [3.63, 3.8) is 0 Å². The number of aromatic nitrogens is 2. The lowest BCUT2D eigenvalue weighted by Gasteiger charge is -2.09. The van der Waals surface area contributed by atoms with Crippen LogP contribution >= 0.6 is 11.6 Å². The summed E-state index contributed by atoms with van der Waals surface area (Å²) in [7, 11) is 0. The summed E-state index contributed by atoms with van der Waals surface area (Å²) in [5, 5.41) is 11.2. The van der Waals surface area contributed by atoms with E-state index in [0.29, 0.717) is 5.02 Å². The predicted molar refractivity (Wildman–Crippen MR) is 57.9 cm³/mol. The SMILES string of the molecule is O=C([O-])c1ccccc1Oc1ncc(Cl)cn1. The molecule has 1 aromatic carbocycles. The minimum Gasteiger partial charge on any atom is -0.545 e. The fourth-order valence-electron chi connectivity index (χ4n) is 1.18. The van der Waals surface area contributed by atoms with Crippen LogP contribution < -0.4 is 9.84 Å². The van der Waals surface area contributed by atoms with Gasteiger partial charge in [-0.2, -0.15) is 0 Å². The Bertz CT molecular complexity index is 543. The van der Waals surface area contributed by atoms with Crippen LogP contribution in [-0.4, -0.2) is 15.9 Å². The van der Waals surface area contributed by atoms with Gasteiger partial charge in [-0.05, 0) is 12.1 Å². The molecule has 0 aliphatic carbocycles. The number of nitrogens with zero attached hydrogens (tertiary/aromatic N) is 2. The van der Waals surface area contributed by atoms with Gasteiger partial charge in [-0.1, -0.05) is 23.7 Å². The van der Waals surface area contributed by atoms with Crippen molar-refractivity contribution in [2.75, 3.05) is 0 Å². The standard InChI is InChI=1S/C11H7ClN2O3/c12-7-5-13-11(14-6-7)17-9-4-2-1-3-8(9)10(15)16/h1-6H,(H,15,16)/p-1. The molecule has 0 fully saturated rings. The summed E-state index contributed by atoms with van der Waals surface area (Å²) < 4.78 is 5.22. The molecule has 0 atom stereocenters. The van der Waals surface area contributed by atoms with Crippen molar-refractivity contribution in [2.45, 2.75) is 0 Å². The number of para-hydroxylation sites is 1. The molecule has 1 aromatic heterocycles. The highest BCUT2D eigenvalue weighted by Gasteiger charge is 2.06. The molecule has 5 nitrogen and oxygen atoms in total. The van der Waals surface area contributed by atoms with Crippen LogP contribution in [0, 0.1) is 0 Å². The number of aromatic carboxylic acids is 1. The van der Waals surface area contributed by atoms with E-state index in [0.717, 1.165) is 0 Å². The van der Waals surface area contributed by atoms with Crippen LogP contribution in [0.2, 0.25) is 5.02 Å². The van der Waals surface area contributed by atoms with Gasteiger partial charge < -0.3 is 14.6 Å². The van der Waals surface area contributed by atoms with Gasteiger partial charge in [0.05, 0.1) is 23.4 Å². The average molecular weight is 250 g/mol. The second-order valence-corrected chi connectivity index (χ2v) is 3.51. The lowest BCUT2D eigenvalue weighted by Crippen LogP contribution is -2.22. The third-order valence-corrected chi connectivity index (χ3v) is 2.10. The van der Waals surface area contributed by atoms with Gasteiger partial charge >= 0.3 is 6.01 Å². The second kappa shape index (κ2) is 4.80. The minimum absolute atomic E-state index is 0.0168. The highest BCUT2D eigenvalue weighted by molar-refractivity contribution is 6.30. The van der Waals surface area contributed by atoms with Crippen LogP contribution in [0.25, 0.3) is 0 Å². The summed E-state index contributed by atoms with van der Waals surface area (Å²) in [6.45, 7) is 0. The van der Waals surface area contributed by atoms with Gasteiger partial charge in [0, 0.05) is 5.56 Å². The van der Waals surface area contributed by atoms with Crippen LogP contribution in [0.5, 0.6) is 11.8 Å². The molecule has 0 radical (unpaired) electrons. The number of carbonyl (C=O) groups is 1. The minimum atomic E-state index is -1.32. The Labute approximate surface area is 102 Å². The van der Waals surface area contributed by atoms with E-state index in [4.69, 9.17) is 16.3 Å². The number of carboxylic acids is 1. The second-order valence-electron chi connectivity index (χ2n) is 3.07. The number of rotatable bonds is 3. The smallest absolute Gasteiger partial charge is 0.321 e. The summed E-state index contributed by atoms with van der Waals surface area (Å²) in [6, 6.07) is 6.09. The third kappa shape index (κ3) is 2.70. The third-order valence-electron chi connectivity index (χ3n) is 1.90. The van der Waals surface area contributed by atoms with E-state index in [1.165, 1.54) is 24.5 Å². The average Bonchev–Trinajstić information content (AvgIpc) is 2.32. The van der Waals surface area contributed by atoms with Crippen LogP contribution in [0.15, 0.2) is 36.7 Å². The monoisotopic (exact) mass is 249 g/mol. The molecule has 0 aliphatic rings. The van der Waals surface area contributed by atoms with Crippen molar-refractivity contribution in [3.05, 3.63) is 47.2 Å². The molecular formula is C11H6ClN2O3-. The maximum atomic E-state index is 10.8. The fraction of sp³-hybridized carbons (Fsp3) is 0. The van der Waals surface area contributed by atoms with Crippen LogP contribution in [0.3, 0.4) is 0 Å². The molecule has 0 bridgehead atoms. The van der Waals surface area contributed by atoms with Gasteiger partial charge in [-0.25, -0.2) is 9.97 Å². The molecule has 0 saturated carbocycles. The zero-order valence-electron chi connectivity index (χ0n) is 8.46. The van der Waals surface area contributed by atoms with E-state index in [9.17, 15) is 9.90 Å². The van der Waals surface area contributed by atoms with Gasteiger partial charge in [0.15, 0.2) is 0 Å². The fourth-order valence-corrected chi connectivity index (χ4v) is 1.27. The zero-order chi connectivity index (χ0) is 12.3. The van der Waals surface area contributed by atoms with Crippen LogP contribution in [0.1, 0.15) is 10.4 Å². The summed E-state index contributed by atoms with van der Waals surface area (Å²) in [6.07, 6.45) is 2.71. The Morgan fingerprint density at radius 1 is 1.24 bits per heavy atom. The van der Waals surface area contributed by atoms with E-state index >= 15 is 0 Å². The number of ether oxygens (including phenoxy) is 1. The Kier molecular flexibility index (Phi) is 3.20. The van der Waals surface area contributed by atoms with Gasteiger partial charge in [-0.15, -0.1) is 0 Å². The Morgan fingerprint density at radius 3 is 2.53 bits per heavy atom. The van der Waals surface area contributed by atoms with Crippen molar-refractivity contribution in [1.29, 1.82) is 0 Å². The molecule has 6 heteroatoms. The zero-order valence-corrected chi connectivity index (χ0v) is 9.22. The molecular weight excluding hydrogens is 244 g/mol. The maximum absolute atomic E-state index is 10.8. The van der Waals surface area contributed by atoms with Gasteiger partial charge in [-0.3, -0.25) is 0 Å². The number of carbonyl (C=O) groups excluding carboxylic acids is 1. The lowest BCUT2D eigenvalue weighted by molar-refractivity contribution is -0.255. The first-order valence-corrected chi connectivity index (χ1v) is 5.00. The van der Waals surface area contributed by atoms with Crippen molar-refractivity contribution in [3.8, 4) is 11.8 Å². The predicted octanol–water partition coefficient (Wildman–Crippen LogP) is 1.29. The topological polar surface area (TPSA) is 75.1 Å². The first-order chi connectivity index (χ1) is 8.16. The molecule has 0 unspecified atom stereocenters. The van der Waals surface area contributed by atoms with Crippen molar-refractivity contribution in [2.24, 2.45) is 0 Å². The highest BCUT2D eigenvalue weighted by Crippen LogP contribution is 2.22. The van der Waals surface area contributed by atoms with E-state index in [-0.39, 0.29) is 17.3 Å². The number of halogens is 1. The lowest BCUT2D eigenvalue weighted by atomic mass is 10.2. The Morgan fingerprint density at radius 2 is 1.88 bits per heavy atom. The summed E-state index contributed by atoms with van der Waals surface area (Å²) in [4.78, 5) is 18.4. The van der Waals surface area contributed by atoms with Crippen LogP contribution in [0.4, 0.5) is 0 Å². The van der Waals surface area contributed by atoms with E-state index in [2.05, 4.69) is 9.97 Å². The normalized spacial score (nSPS) is 9.94. The molecule has 0 aliphatic heterocycles. The molecule has 86 valence electrons. The molecule has 1 heterocycles. The molecule has 0 amide bonds. The van der Waals surface area contributed by atoms with Crippen molar-refractivity contribution >= 4 is 17.6 Å².